The van der Waals surface area contributed by atoms with Gasteiger partial charge in [-0.05, 0) is 124 Å². The van der Waals surface area contributed by atoms with E-state index in [1.54, 1.807) is 0 Å². The van der Waals surface area contributed by atoms with Gasteiger partial charge in [0, 0.05) is 43.7 Å². The van der Waals surface area contributed by atoms with Crippen LogP contribution in [0.4, 0.5) is 22.7 Å². The number of para-hydroxylation sites is 2. The quantitative estimate of drug-likeness (QED) is 0.115. The predicted molar refractivity (Wildman–Crippen MR) is 261 cm³/mol. The number of hydrogen-bond acceptors (Lipinski definition) is 4. The zero-order chi connectivity index (χ0) is 41.8. The first kappa shape index (κ1) is 40.6. The first-order chi connectivity index (χ1) is 30.1. The van der Waals surface area contributed by atoms with Crippen LogP contribution in [0.5, 0.6) is 0 Å². The number of anilines is 4. The van der Waals surface area contributed by atoms with Crippen LogP contribution in [0.3, 0.4) is 0 Å². The Bertz CT molecular complexity index is 2920. The number of rotatable bonds is 8. The van der Waals surface area contributed by atoms with Crippen LogP contribution in [0.1, 0.15) is 0 Å². The molecule has 0 saturated carbocycles. The van der Waals surface area contributed by atoms with Gasteiger partial charge in [-0.2, -0.15) is 0 Å². The van der Waals surface area contributed by atoms with Crippen molar-refractivity contribution in [2.24, 2.45) is 0 Å². The molecule has 0 saturated heterocycles. The molecule has 61 heavy (non-hydrogen) atoms. The molecule has 7 heteroatoms. The van der Waals surface area contributed by atoms with Gasteiger partial charge in [0.25, 0.3) is 0 Å². The van der Waals surface area contributed by atoms with Crippen molar-refractivity contribution >= 4 is 68.2 Å². The van der Waals surface area contributed by atoms with Crippen LogP contribution in [-0.4, -0.2) is 22.3 Å². The number of benzene rings is 9. The summed E-state index contributed by atoms with van der Waals surface area (Å²) in [6, 6.07) is 80.8. The topological polar surface area (TPSA) is 69.4 Å². The van der Waals surface area contributed by atoms with Crippen molar-refractivity contribution in [3.8, 4) is 39.1 Å². The van der Waals surface area contributed by atoms with Crippen LogP contribution in [0.25, 0.3) is 60.9 Å². The molecule has 5 nitrogen and oxygen atoms in total. The molecule has 1 aromatic heterocycles. The van der Waals surface area contributed by atoms with Gasteiger partial charge >= 0.3 is 7.69 Å². The van der Waals surface area contributed by atoms with E-state index in [2.05, 4.69) is 237 Å². The number of nitrogens with one attached hydrogen (secondary N) is 2. The molecular formula is C54H42BBrN3O2. The lowest BCUT2D eigenvalue weighted by Crippen LogP contribution is -1.93. The van der Waals surface area contributed by atoms with Crippen LogP contribution in [-0.2, 0) is 0 Å². The maximum Gasteiger partial charge on any atom is 0.482 e. The van der Waals surface area contributed by atoms with Crippen molar-refractivity contribution in [2.45, 2.75) is 0 Å². The molecule has 0 bridgehead atoms. The molecule has 0 aliphatic rings. The van der Waals surface area contributed by atoms with Crippen molar-refractivity contribution in [3.05, 3.63) is 235 Å². The highest BCUT2D eigenvalue weighted by atomic mass is 79.9. The highest BCUT2D eigenvalue weighted by Gasteiger charge is 2.13. The van der Waals surface area contributed by atoms with Crippen molar-refractivity contribution in [1.29, 1.82) is 0 Å². The minimum absolute atomic E-state index is 0. The fraction of sp³-hybridized carbons (Fsp3) is 0. The number of aromatic nitrogens is 1. The number of fused-ring (bicyclic) bond motifs is 3. The molecule has 0 atom stereocenters. The van der Waals surface area contributed by atoms with E-state index in [4.69, 9.17) is 10.0 Å². The number of hydrogen-bond donors (Lipinski definition) is 4. The molecule has 0 fully saturated rings. The Labute approximate surface area is 365 Å². The standard InChI is InChI=1S/C36H26N2.C18H14BrN.BH2O2/c1-3-9-26(10-4-1)27-15-20-30(21-16-27)37-31-22-17-28(18-23-31)29-19-24-36-34(25-29)33-13-7-8-14-35(33)38(36)32-11-5-2-6-12-32;19-16-8-12-18(13-9-16)20-17-10-6-15(7-11-17)14-4-2-1-3-5-14;2-1-3/h1-25,37H;1-13,20H;2-3H. The fourth-order valence-electron chi connectivity index (χ4n) is 7.37. The average Bonchev–Trinajstić information content (AvgIpc) is 3.66. The number of halogens is 1. The lowest BCUT2D eigenvalue weighted by atomic mass is 10.0. The van der Waals surface area contributed by atoms with Crippen LogP contribution in [0, 0.1) is 0 Å². The Morgan fingerprint density at radius 1 is 0.344 bits per heavy atom. The van der Waals surface area contributed by atoms with Gasteiger partial charge in [-0.1, -0.05) is 155 Å². The molecule has 295 valence electrons. The zero-order valence-electron chi connectivity index (χ0n) is 33.2. The molecule has 0 aliphatic carbocycles. The predicted octanol–water partition coefficient (Wildman–Crippen LogP) is 14.2. The van der Waals surface area contributed by atoms with E-state index in [1.165, 1.54) is 60.9 Å². The summed E-state index contributed by atoms with van der Waals surface area (Å²) in [5, 5.41) is 23.5. The molecular weight excluding hydrogens is 813 g/mol. The summed E-state index contributed by atoms with van der Waals surface area (Å²) in [4.78, 5) is 0. The Balaban J connectivity index is 0.000000188. The third-order valence-electron chi connectivity index (χ3n) is 10.3. The minimum Gasteiger partial charge on any atom is -0.429 e. The second-order valence-electron chi connectivity index (χ2n) is 14.3. The van der Waals surface area contributed by atoms with Gasteiger partial charge in [-0.15, -0.1) is 0 Å². The molecule has 10 rings (SSSR count). The Morgan fingerprint density at radius 3 is 1.16 bits per heavy atom. The summed E-state index contributed by atoms with van der Waals surface area (Å²) in [6.07, 6.45) is 0. The molecule has 0 unspecified atom stereocenters. The Hall–Kier alpha value is -7.16. The van der Waals surface area contributed by atoms with E-state index in [9.17, 15) is 0 Å². The first-order valence-electron chi connectivity index (χ1n) is 20.0. The summed E-state index contributed by atoms with van der Waals surface area (Å²) in [7, 11) is 0. The zero-order valence-corrected chi connectivity index (χ0v) is 34.8. The van der Waals surface area contributed by atoms with Crippen molar-refractivity contribution in [3.63, 3.8) is 0 Å². The van der Waals surface area contributed by atoms with Gasteiger partial charge in [0.05, 0.1) is 11.0 Å². The van der Waals surface area contributed by atoms with Gasteiger partial charge in [0.1, 0.15) is 0 Å². The Morgan fingerprint density at radius 2 is 0.689 bits per heavy atom. The second kappa shape index (κ2) is 19.7. The van der Waals surface area contributed by atoms with E-state index < -0.39 is 0 Å². The highest BCUT2D eigenvalue weighted by molar-refractivity contribution is 9.10. The Kier molecular flexibility index (Phi) is 13.1. The smallest absolute Gasteiger partial charge is 0.429 e. The molecule has 0 spiro atoms. The highest BCUT2D eigenvalue weighted by Crippen LogP contribution is 2.35. The lowest BCUT2D eigenvalue weighted by Gasteiger charge is -2.10. The van der Waals surface area contributed by atoms with Crippen LogP contribution < -0.4 is 10.6 Å². The van der Waals surface area contributed by atoms with Gasteiger partial charge in [0.2, 0.25) is 0 Å². The fourth-order valence-corrected chi connectivity index (χ4v) is 7.64. The summed E-state index contributed by atoms with van der Waals surface area (Å²) in [5.74, 6) is 0. The first-order valence-corrected chi connectivity index (χ1v) is 20.8. The molecule has 9 aromatic carbocycles. The summed E-state index contributed by atoms with van der Waals surface area (Å²) < 4.78 is 3.44. The van der Waals surface area contributed by atoms with E-state index >= 15 is 0 Å². The largest absolute Gasteiger partial charge is 0.482 e. The van der Waals surface area contributed by atoms with Gasteiger partial charge in [0.15, 0.2) is 0 Å². The normalized spacial score (nSPS) is 10.5. The molecule has 1 heterocycles. The van der Waals surface area contributed by atoms with E-state index in [-0.39, 0.29) is 7.69 Å². The summed E-state index contributed by atoms with van der Waals surface area (Å²) in [5.41, 5.74) is 15.3. The van der Waals surface area contributed by atoms with E-state index in [1.807, 2.05) is 24.3 Å². The van der Waals surface area contributed by atoms with Crippen LogP contribution in [0.2, 0.25) is 0 Å². The van der Waals surface area contributed by atoms with Crippen molar-refractivity contribution < 1.29 is 10.0 Å². The van der Waals surface area contributed by atoms with Crippen LogP contribution in [0.15, 0.2) is 235 Å². The maximum absolute atomic E-state index is 7.00. The second-order valence-corrected chi connectivity index (χ2v) is 15.2. The molecule has 4 N–H and O–H groups in total. The van der Waals surface area contributed by atoms with Crippen LogP contribution >= 0.6 is 15.9 Å². The SMILES string of the molecule is Brc1ccc(Nc2ccc(-c3ccccc3)cc2)cc1.O[B]O.c1ccc(-c2ccc(Nc3ccc(-c4ccc5c(c4)c4ccccc4n5-c4ccccc4)cc3)cc2)cc1. The number of nitrogens with zero attached hydrogens (tertiary/aromatic N) is 1. The third kappa shape index (κ3) is 10.0. The molecule has 0 aliphatic heterocycles. The van der Waals surface area contributed by atoms with Gasteiger partial charge in [-0.25, -0.2) is 0 Å². The third-order valence-corrected chi connectivity index (χ3v) is 10.8. The lowest BCUT2D eigenvalue weighted by molar-refractivity contribution is 0.448. The minimum atomic E-state index is 0. The van der Waals surface area contributed by atoms with E-state index in [0.717, 1.165) is 27.2 Å². The summed E-state index contributed by atoms with van der Waals surface area (Å²) in [6.45, 7) is 0. The van der Waals surface area contributed by atoms with Crippen molar-refractivity contribution in [1.82, 2.24) is 4.57 Å². The van der Waals surface area contributed by atoms with Crippen molar-refractivity contribution in [2.75, 3.05) is 10.6 Å². The average molecular weight is 856 g/mol. The maximum atomic E-state index is 7.00. The molecule has 1 radical (unpaired) electrons. The molecule has 10 aromatic rings. The van der Waals surface area contributed by atoms with E-state index in [0.29, 0.717) is 0 Å². The molecule has 0 amide bonds. The van der Waals surface area contributed by atoms with Gasteiger partial charge < -0.3 is 25.2 Å². The monoisotopic (exact) mass is 854 g/mol. The summed E-state index contributed by atoms with van der Waals surface area (Å²) >= 11 is 3.44. The van der Waals surface area contributed by atoms with Gasteiger partial charge in [-0.3, -0.25) is 0 Å².